The Hall–Kier alpha value is -5.50. The van der Waals surface area contributed by atoms with Crippen LogP contribution < -0.4 is 15.6 Å². The van der Waals surface area contributed by atoms with Crippen LogP contribution in [-0.4, -0.2) is 45.7 Å². The largest absolute Gasteiger partial charge is 0.495 e. The number of carbonyl (C=O) groups is 2. The number of pyridine rings is 1. The third kappa shape index (κ3) is 7.17. The predicted molar refractivity (Wildman–Crippen MR) is 163 cm³/mol. The minimum atomic E-state index is -4.74. The van der Waals surface area contributed by atoms with Crippen LogP contribution in [0.4, 0.5) is 23.2 Å². The highest BCUT2D eigenvalue weighted by Gasteiger charge is 2.35. The second-order valence-corrected chi connectivity index (χ2v) is 10.5. The fourth-order valence-electron chi connectivity index (χ4n) is 4.83. The van der Waals surface area contributed by atoms with Gasteiger partial charge in [0.05, 0.1) is 37.9 Å². The number of alkyl halides is 3. The molecule has 1 N–H and O–H groups in total. The maximum Gasteiger partial charge on any atom is 0.436 e. The number of methoxy groups -OCH3 is 2. The molecule has 242 valence electrons. The lowest BCUT2D eigenvalue weighted by Crippen LogP contribution is -2.34. The minimum absolute atomic E-state index is 0.0180. The minimum Gasteiger partial charge on any atom is -0.495 e. The van der Waals surface area contributed by atoms with E-state index in [1.807, 2.05) is 0 Å². The lowest BCUT2D eigenvalue weighted by Gasteiger charge is -2.22. The summed E-state index contributed by atoms with van der Waals surface area (Å²) in [6, 6.07) is 16.5. The monoisotopic (exact) mass is 669 g/mol. The first kappa shape index (κ1) is 32.9. The van der Waals surface area contributed by atoms with Gasteiger partial charge in [0.15, 0.2) is 5.69 Å². The summed E-state index contributed by atoms with van der Waals surface area (Å²) in [7, 11) is 2.42. The van der Waals surface area contributed by atoms with Gasteiger partial charge in [0.1, 0.15) is 17.6 Å². The number of nitrogens with zero attached hydrogens (tertiary/aromatic N) is 4. The molecule has 1 amide bonds. The van der Waals surface area contributed by atoms with Gasteiger partial charge in [-0.15, -0.1) is 5.10 Å². The summed E-state index contributed by atoms with van der Waals surface area (Å²) in [5.41, 5.74) is -1.06. The number of anilines is 1. The number of hydrogen-bond acceptors (Lipinski definition) is 7. The van der Waals surface area contributed by atoms with Gasteiger partial charge in [-0.2, -0.15) is 13.2 Å². The summed E-state index contributed by atoms with van der Waals surface area (Å²) < 4.78 is 66.6. The molecule has 0 spiro atoms. The molecule has 0 aliphatic carbocycles. The van der Waals surface area contributed by atoms with E-state index in [-0.39, 0.29) is 45.3 Å². The van der Waals surface area contributed by atoms with Crippen LogP contribution in [0.5, 0.6) is 5.75 Å². The Kier molecular flexibility index (Phi) is 9.42. The van der Waals surface area contributed by atoms with E-state index in [1.165, 1.54) is 37.6 Å². The summed E-state index contributed by atoms with van der Waals surface area (Å²) >= 11 is 6.25. The van der Waals surface area contributed by atoms with Crippen LogP contribution in [-0.2, 0) is 22.1 Å². The van der Waals surface area contributed by atoms with Gasteiger partial charge in [0, 0.05) is 34.3 Å². The number of hydrogen-bond donors (Lipinski definition) is 1. The Morgan fingerprint density at radius 3 is 2.36 bits per heavy atom. The van der Waals surface area contributed by atoms with Gasteiger partial charge in [0.25, 0.3) is 5.56 Å². The van der Waals surface area contributed by atoms with Crippen molar-refractivity contribution in [3.05, 3.63) is 123 Å². The summed E-state index contributed by atoms with van der Waals surface area (Å²) in [4.78, 5) is 39.3. The van der Waals surface area contributed by atoms with Crippen molar-refractivity contribution in [2.24, 2.45) is 0 Å². The van der Waals surface area contributed by atoms with Crippen LogP contribution in [0.2, 0.25) is 5.02 Å². The number of aromatic nitrogens is 4. The molecule has 0 saturated heterocycles. The van der Waals surface area contributed by atoms with E-state index in [0.717, 1.165) is 34.6 Å². The molecule has 2 heterocycles. The predicted octanol–water partition coefficient (Wildman–Crippen LogP) is 6.13. The van der Waals surface area contributed by atoms with Crippen LogP contribution in [0.3, 0.4) is 0 Å². The van der Waals surface area contributed by atoms with Gasteiger partial charge in [-0.1, -0.05) is 47.1 Å². The van der Waals surface area contributed by atoms with E-state index in [4.69, 9.17) is 16.3 Å². The Morgan fingerprint density at radius 2 is 1.72 bits per heavy atom. The van der Waals surface area contributed by atoms with Crippen molar-refractivity contribution < 1.29 is 36.6 Å². The van der Waals surface area contributed by atoms with Crippen LogP contribution in [0.1, 0.15) is 27.7 Å². The summed E-state index contributed by atoms with van der Waals surface area (Å²) in [5, 5.41) is 9.60. The molecule has 47 heavy (non-hydrogen) atoms. The van der Waals surface area contributed by atoms with E-state index < -0.39 is 41.2 Å². The number of carbonyl (C=O) groups excluding carboxylic acids is 2. The number of rotatable bonds is 9. The highest BCUT2D eigenvalue weighted by molar-refractivity contribution is 6.31. The first-order valence-corrected chi connectivity index (χ1v) is 14.1. The van der Waals surface area contributed by atoms with E-state index >= 15 is 0 Å². The standard InChI is InChI=1S/C32H24ClF4N5O5/c1-46-27-16-41(29(43)15-23(27)22-13-19(33)8-11-25(22)42-17-28(39-40-42)32(35,36)37)26(12-18-6-4-3-5-7-18)30(44)38-20-9-10-21(24(34)14-20)31(45)47-2/h3-11,13-17,26H,12H2,1-2H3,(H,38,44)/t26-/m0/s1. The van der Waals surface area contributed by atoms with Crippen molar-refractivity contribution in [2.45, 2.75) is 18.6 Å². The molecule has 0 aliphatic rings. The third-order valence-corrected chi connectivity index (χ3v) is 7.33. The molecule has 0 fully saturated rings. The second kappa shape index (κ2) is 13.5. The SMILES string of the molecule is COC(=O)c1ccc(NC(=O)[C@H](Cc2ccccc2)n2cc(OC)c(-c3cc(Cl)ccc3-n3cc(C(F)(F)F)nn3)cc2=O)cc1F. The molecular formula is C32H24ClF4N5O5. The quantitative estimate of drug-likeness (QED) is 0.148. The van der Waals surface area contributed by atoms with Crippen molar-refractivity contribution in [3.8, 4) is 22.6 Å². The molecule has 0 radical (unpaired) electrons. The zero-order valence-corrected chi connectivity index (χ0v) is 25.3. The van der Waals surface area contributed by atoms with Crippen molar-refractivity contribution in [2.75, 3.05) is 19.5 Å². The Morgan fingerprint density at radius 1 is 0.979 bits per heavy atom. The number of ether oxygens (including phenoxy) is 2. The van der Waals surface area contributed by atoms with Crippen LogP contribution >= 0.6 is 11.6 Å². The lowest BCUT2D eigenvalue weighted by atomic mass is 10.0. The van der Waals surface area contributed by atoms with Gasteiger partial charge < -0.3 is 14.8 Å². The van der Waals surface area contributed by atoms with Gasteiger partial charge >= 0.3 is 12.1 Å². The first-order chi connectivity index (χ1) is 22.4. The first-order valence-electron chi connectivity index (χ1n) is 13.7. The Bertz CT molecular complexity index is 2010. The molecule has 10 nitrogen and oxygen atoms in total. The molecule has 5 aromatic rings. The molecule has 3 aromatic carbocycles. The van der Waals surface area contributed by atoms with Crippen molar-refractivity contribution in [1.29, 1.82) is 0 Å². The van der Waals surface area contributed by atoms with Crippen LogP contribution in [0, 0.1) is 5.82 Å². The highest BCUT2D eigenvalue weighted by Crippen LogP contribution is 2.36. The zero-order chi connectivity index (χ0) is 33.9. The Labute approximate surface area is 269 Å². The van der Waals surface area contributed by atoms with Gasteiger partial charge in [-0.3, -0.25) is 14.2 Å². The maximum atomic E-state index is 14.6. The molecule has 5 rings (SSSR count). The lowest BCUT2D eigenvalue weighted by molar-refractivity contribution is -0.141. The number of nitrogens with one attached hydrogen (secondary N) is 1. The molecule has 0 bridgehead atoms. The maximum absolute atomic E-state index is 14.6. The topological polar surface area (TPSA) is 117 Å². The third-order valence-electron chi connectivity index (χ3n) is 7.10. The average molecular weight is 670 g/mol. The summed E-state index contributed by atoms with van der Waals surface area (Å²) in [5.74, 6) is -2.44. The molecule has 0 aliphatic heterocycles. The highest BCUT2D eigenvalue weighted by atomic mass is 35.5. The summed E-state index contributed by atoms with van der Waals surface area (Å²) in [6.07, 6.45) is -2.73. The van der Waals surface area contributed by atoms with E-state index in [0.29, 0.717) is 11.8 Å². The summed E-state index contributed by atoms with van der Waals surface area (Å²) in [6.45, 7) is 0. The average Bonchev–Trinajstić information content (AvgIpc) is 3.55. The second-order valence-electron chi connectivity index (χ2n) is 10.1. The fraction of sp³-hybridized carbons (Fsp3) is 0.156. The van der Waals surface area contributed by atoms with Crippen molar-refractivity contribution in [3.63, 3.8) is 0 Å². The van der Waals surface area contributed by atoms with Gasteiger partial charge in [0.2, 0.25) is 5.91 Å². The van der Waals surface area contributed by atoms with Crippen molar-refractivity contribution in [1.82, 2.24) is 19.6 Å². The molecule has 0 saturated carbocycles. The normalized spacial score (nSPS) is 12.0. The van der Waals surface area contributed by atoms with Gasteiger partial charge in [-0.25, -0.2) is 13.9 Å². The van der Waals surface area contributed by atoms with Crippen molar-refractivity contribution >= 4 is 29.2 Å². The number of benzene rings is 3. The molecule has 0 unspecified atom stereocenters. The number of amides is 1. The smallest absolute Gasteiger partial charge is 0.436 e. The van der Waals surface area contributed by atoms with E-state index in [9.17, 15) is 31.9 Å². The van der Waals surface area contributed by atoms with E-state index in [1.54, 1.807) is 30.3 Å². The fourth-order valence-corrected chi connectivity index (χ4v) is 5.00. The molecule has 15 heteroatoms. The van der Waals surface area contributed by atoms with Gasteiger partial charge in [-0.05, 0) is 42.0 Å². The Balaban J connectivity index is 1.58. The molecular weight excluding hydrogens is 646 g/mol. The van der Waals surface area contributed by atoms with Crippen LogP contribution in [0.25, 0.3) is 16.8 Å². The zero-order valence-electron chi connectivity index (χ0n) is 24.6. The number of halogens is 5. The molecule has 1 atom stereocenters. The van der Waals surface area contributed by atoms with Crippen LogP contribution in [0.15, 0.2) is 90.0 Å². The molecule has 2 aromatic heterocycles. The number of esters is 1. The van der Waals surface area contributed by atoms with E-state index in [2.05, 4.69) is 20.4 Å².